The molecule has 1 heterocycles. The van der Waals surface area contributed by atoms with Crippen LogP contribution in [0.25, 0.3) is 16.6 Å². The summed E-state index contributed by atoms with van der Waals surface area (Å²) < 4.78 is 6.80. The first-order chi connectivity index (χ1) is 13.8. The van der Waals surface area contributed by atoms with Gasteiger partial charge in [0, 0.05) is 5.02 Å². The van der Waals surface area contributed by atoms with Crippen molar-refractivity contribution < 1.29 is 14.3 Å². The number of aromatic nitrogens is 2. The van der Waals surface area contributed by atoms with E-state index in [4.69, 9.17) is 22.1 Å². The second-order valence-corrected chi connectivity index (χ2v) is 7.45. The number of rotatable bonds is 5. The predicted molar refractivity (Wildman–Crippen MR) is 112 cm³/mol. The Morgan fingerprint density at radius 2 is 2.03 bits per heavy atom. The third kappa shape index (κ3) is 4.52. The number of methoxy groups -OCH3 is 1. The van der Waals surface area contributed by atoms with E-state index in [0.29, 0.717) is 27.4 Å². The van der Waals surface area contributed by atoms with E-state index in [-0.39, 0.29) is 16.5 Å². The number of hydrogen-bond acceptors (Lipinski definition) is 6. The van der Waals surface area contributed by atoms with Gasteiger partial charge in [0.1, 0.15) is 5.75 Å². The summed E-state index contributed by atoms with van der Waals surface area (Å²) in [5.74, 6) is -0.308. The van der Waals surface area contributed by atoms with E-state index in [1.165, 1.54) is 11.7 Å². The first-order valence-electron chi connectivity index (χ1n) is 8.39. The highest BCUT2D eigenvalue weighted by atomic mass is 35.5. The molecule has 2 aromatic carbocycles. The number of urea groups is 1. The van der Waals surface area contributed by atoms with E-state index < -0.39 is 11.9 Å². The number of amides is 3. The van der Waals surface area contributed by atoms with Gasteiger partial charge in [-0.3, -0.25) is 19.5 Å². The molecule has 1 aromatic heterocycles. The maximum atomic E-state index is 13.3. The number of ether oxygens (including phenoxy) is 1. The van der Waals surface area contributed by atoms with E-state index in [1.807, 2.05) is 18.3 Å². The van der Waals surface area contributed by atoms with Gasteiger partial charge in [-0.05, 0) is 42.8 Å². The number of aryl methyl sites for hydroxylation is 1. The lowest BCUT2D eigenvalue weighted by Gasteiger charge is -2.16. The van der Waals surface area contributed by atoms with Gasteiger partial charge in [-0.1, -0.05) is 29.4 Å². The molecule has 0 bridgehead atoms. The number of thioether (sulfide) groups is 1. The Hall–Kier alpha value is -3.04. The number of hydrogen-bond donors (Lipinski definition) is 2. The quantitative estimate of drug-likeness (QED) is 0.473. The fourth-order valence-corrected chi connectivity index (χ4v) is 3.70. The van der Waals surface area contributed by atoms with Crippen LogP contribution in [-0.4, -0.2) is 34.4 Å². The van der Waals surface area contributed by atoms with Gasteiger partial charge < -0.3 is 10.5 Å². The van der Waals surface area contributed by atoms with Gasteiger partial charge in [0.2, 0.25) is 5.91 Å². The first kappa shape index (κ1) is 20.7. The molecule has 29 heavy (non-hydrogen) atoms. The molecule has 0 spiro atoms. The van der Waals surface area contributed by atoms with Gasteiger partial charge in [-0.15, -0.1) is 0 Å². The highest BCUT2D eigenvalue weighted by Gasteiger charge is 2.18. The minimum atomic E-state index is -0.952. The number of halogens is 1. The molecule has 0 aliphatic rings. The summed E-state index contributed by atoms with van der Waals surface area (Å²) in [6.45, 7) is 1.88. The van der Waals surface area contributed by atoms with Crippen LogP contribution >= 0.6 is 23.4 Å². The maximum Gasteiger partial charge on any atom is 0.318 e. The van der Waals surface area contributed by atoms with E-state index in [2.05, 4.69) is 4.98 Å². The van der Waals surface area contributed by atoms with Gasteiger partial charge in [0.05, 0.1) is 29.5 Å². The number of nitrogens with zero attached hydrogens (tertiary/aromatic N) is 2. The largest absolute Gasteiger partial charge is 0.495 e. The van der Waals surface area contributed by atoms with Crippen molar-refractivity contribution in [3.05, 3.63) is 57.3 Å². The number of nitrogens with one attached hydrogen (secondary N) is 1. The van der Waals surface area contributed by atoms with Gasteiger partial charge in [-0.2, -0.15) is 0 Å². The molecule has 0 saturated heterocycles. The highest BCUT2D eigenvalue weighted by Crippen LogP contribution is 2.28. The smallest absolute Gasteiger partial charge is 0.318 e. The van der Waals surface area contributed by atoms with Crippen LogP contribution in [0.2, 0.25) is 5.02 Å². The lowest BCUT2D eigenvalue weighted by molar-refractivity contribution is -0.117. The zero-order valence-corrected chi connectivity index (χ0v) is 17.1. The average Bonchev–Trinajstić information content (AvgIpc) is 2.65. The number of carbonyl (C=O) groups excluding carboxylic acids is 2. The SMILES string of the molecule is COc1ccc(C)cc1-n1c(SCC(=O)NC(N)=O)nc2cc(Cl)ccc2c1=O. The third-order valence-electron chi connectivity index (χ3n) is 3.97. The maximum absolute atomic E-state index is 13.3. The summed E-state index contributed by atoms with van der Waals surface area (Å²) in [6.07, 6.45) is 0. The second-order valence-electron chi connectivity index (χ2n) is 6.07. The van der Waals surface area contributed by atoms with E-state index in [9.17, 15) is 14.4 Å². The summed E-state index contributed by atoms with van der Waals surface area (Å²) in [5, 5.41) is 3.02. The zero-order chi connectivity index (χ0) is 21.1. The standard InChI is InChI=1S/C19H17ClN4O4S/c1-10-3-6-15(28-2)14(7-10)24-17(26)12-5-4-11(20)8-13(12)22-19(24)29-9-16(25)23-18(21)27/h3-8H,9H2,1-2H3,(H3,21,23,25,27). The Balaban J connectivity index is 2.21. The van der Waals surface area contributed by atoms with E-state index in [1.54, 1.807) is 30.3 Å². The van der Waals surface area contributed by atoms with Gasteiger partial charge in [0.15, 0.2) is 5.16 Å². The number of fused-ring (bicyclic) bond motifs is 1. The molecule has 3 N–H and O–H groups in total. The first-order valence-corrected chi connectivity index (χ1v) is 9.76. The lowest BCUT2D eigenvalue weighted by atomic mass is 10.2. The van der Waals surface area contributed by atoms with Crippen molar-refractivity contribution in [3.8, 4) is 11.4 Å². The number of primary amides is 1. The summed E-state index contributed by atoms with van der Waals surface area (Å²) in [4.78, 5) is 40.6. The number of carbonyl (C=O) groups is 2. The molecule has 0 radical (unpaired) electrons. The molecule has 0 fully saturated rings. The Kier molecular flexibility index (Phi) is 6.09. The highest BCUT2D eigenvalue weighted by molar-refractivity contribution is 7.99. The van der Waals surface area contributed by atoms with Crippen LogP contribution in [0.4, 0.5) is 4.79 Å². The summed E-state index contributed by atoms with van der Waals surface area (Å²) in [5.41, 5.74) is 6.42. The van der Waals surface area contributed by atoms with Crippen molar-refractivity contribution in [2.45, 2.75) is 12.1 Å². The zero-order valence-electron chi connectivity index (χ0n) is 15.6. The molecule has 0 aliphatic heterocycles. The van der Waals surface area contributed by atoms with Gasteiger partial charge in [0.25, 0.3) is 5.56 Å². The van der Waals surface area contributed by atoms with Crippen molar-refractivity contribution in [2.75, 3.05) is 12.9 Å². The minimum Gasteiger partial charge on any atom is -0.495 e. The number of nitrogens with two attached hydrogens (primary N) is 1. The normalized spacial score (nSPS) is 10.7. The van der Waals surface area contributed by atoms with Crippen LogP contribution in [0, 0.1) is 6.92 Å². The molecule has 10 heteroatoms. The topological polar surface area (TPSA) is 116 Å². The molecule has 0 atom stereocenters. The molecule has 0 saturated carbocycles. The van der Waals surface area contributed by atoms with Crippen LogP contribution < -0.4 is 21.3 Å². The fourth-order valence-electron chi connectivity index (χ4n) is 2.73. The molecule has 3 amide bonds. The Bertz CT molecular complexity index is 1180. The molecule has 8 nitrogen and oxygen atoms in total. The van der Waals surface area contributed by atoms with Crippen molar-refractivity contribution in [2.24, 2.45) is 5.73 Å². The summed E-state index contributed by atoms with van der Waals surface area (Å²) in [7, 11) is 1.50. The molecule has 3 rings (SSSR count). The van der Waals surface area contributed by atoms with Crippen molar-refractivity contribution in [1.29, 1.82) is 0 Å². The summed E-state index contributed by atoms with van der Waals surface area (Å²) >= 11 is 7.03. The van der Waals surface area contributed by atoms with Crippen LogP contribution in [0.15, 0.2) is 46.3 Å². The Morgan fingerprint density at radius 1 is 1.28 bits per heavy atom. The monoisotopic (exact) mass is 432 g/mol. The van der Waals surface area contributed by atoms with Crippen LogP contribution in [0.5, 0.6) is 5.75 Å². The predicted octanol–water partition coefficient (Wildman–Crippen LogP) is 2.64. The van der Waals surface area contributed by atoms with Gasteiger partial charge in [-0.25, -0.2) is 9.78 Å². The minimum absolute atomic E-state index is 0.171. The van der Waals surface area contributed by atoms with E-state index in [0.717, 1.165) is 17.3 Å². The second kappa shape index (κ2) is 8.54. The van der Waals surface area contributed by atoms with Crippen LogP contribution in [0.1, 0.15) is 5.56 Å². The van der Waals surface area contributed by atoms with Crippen molar-refractivity contribution >= 4 is 46.2 Å². The molecular weight excluding hydrogens is 416 g/mol. The Morgan fingerprint density at radius 3 is 2.72 bits per heavy atom. The Labute approximate surface area is 175 Å². The molecular formula is C19H17ClN4O4S. The van der Waals surface area contributed by atoms with Crippen LogP contribution in [-0.2, 0) is 4.79 Å². The molecule has 0 aliphatic carbocycles. The van der Waals surface area contributed by atoms with Crippen molar-refractivity contribution in [3.63, 3.8) is 0 Å². The average molecular weight is 433 g/mol. The number of benzene rings is 2. The van der Waals surface area contributed by atoms with E-state index >= 15 is 0 Å². The molecule has 3 aromatic rings. The lowest BCUT2D eigenvalue weighted by Crippen LogP contribution is -2.36. The number of imide groups is 1. The van der Waals surface area contributed by atoms with Crippen molar-refractivity contribution in [1.82, 2.24) is 14.9 Å². The van der Waals surface area contributed by atoms with Gasteiger partial charge >= 0.3 is 6.03 Å². The fraction of sp³-hybridized carbons (Fsp3) is 0.158. The third-order valence-corrected chi connectivity index (χ3v) is 5.14. The van der Waals surface area contributed by atoms with Crippen LogP contribution in [0.3, 0.4) is 0 Å². The summed E-state index contributed by atoms with van der Waals surface area (Å²) in [6, 6.07) is 9.22. The molecule has 0 unspecified atom stereocenters. The molecule has 150 valence electrons.